The molecule has 0 saturated carbocycles. The highest BCUT2D eigenvalue weighted by atomic mass is 32.1. The molecular weight excluding hydrogens is 358 g/mol. The van der Waals surface area contributed by atoms with Gasteiger partial charge in [0.25, 0.3) is 0 Å². The molecule has 3 rings (SSSR count). The second kappa shape index (κ2) is 9.19. The molecule has 0 unspecified atom stereocenters. The third-order valence-electron chi connectivity index (χ3n) is 4.19. The van der Waals surface area contributed by atoms with E-state index in [1.807, 2.05) is 42.6 Å². The van der Waals surface area contributed by atoms with Gasteiger partial charge in [-0.3, -0.25) is 14.6 Å². The van der Waals surface area contributed by atoms with Gasteiger partial charge >= 0.3 is 0 Å². The van der Waals surface area contributed by atoms with Crippen molar-refractivity contribution >= 4 is 23.0 Å². The van der Waals surface area contributed by atoms with Crippen LogP contribution < -0.4 is 5.32 Å². The van der Waals surface area contributed by atoms with Crippen molar-refractivity contribution in [1.82, 2.24) is 15.3 Å². The Kier molecular flexibility index (Phi) is 6.44. The minimum Gasteiger partial charge on any atom is -0.356 e. The van der Waals surface area contributed by atoms with E-state index < -0.39 is 0 Å². The van der Waals surface area contributed by atoms with Crippen molar-refractivity contribution in [3.63, 3.8) is 0 Å². The molecule has 2 aromatic heterocycles. The zero-order valence-corrected chi connectivity index (χ0v) is 16.0. The van der Waals surface area contributed by atoms with Gasteiger partial charge in [-0.15, -0.1) is 11.3 Å². The first kappa shape index (κ1) is 18.9. The molecule has 2 heterocycles. The maximum absolute atomic E-state index is 12.2. The van der Waals surface area contributed by atoms with E-state index in [-0.39, 0.29) is 24.5 Å². The van der Waals surface area contributed by atoms with Gasteiger partial charge in [-0.25, -0.2) is 4.98 Å². The predicted octanol–water partition coefficient (Wildman–Crippen LogP) is 3.84. The molecule has 0 radical (unpaired) electrons. The van der Waals surface area contributed by atoms with Crippen LogP contribution in [0.4, 0.5) is 0 Å². The number of aromatic nitrogens is 2. The van der Waals surface area contributed by atoms with Crippen LogP contribution in [0.25, 0.3) is 10.6 Å². The Morgan fingerprint density at radius 1 is 1.11 bits per heavy atom. The summed E-state index contributed by atoms with van der Waals surface area (Å²) in [6.07, 6.45) is 4.60. The van der Waals surface area contributed by atoms with Crippen molar-refractivity contribution in [3.8, 4) is 10.6 Å². The first-order valence-corrected chi connectivity index (χ1v) is 9.72. The Labute approximate surface area is 162 Å². The van der Waals surface area contributed by atoms with Crippen molar-refractivity contribution < 1.29 is 9.59 Å². The van der Waals surface area contributed by atoms with Crippen molar-refractivity contribution in [2.45, 2.75) is 26.2 Å². The van der Waals surface area contributed by atoms with Crippen LogP contribution in [0.15, 0.2) is 54.2 Å². The lowest BCUT2D eigenvalue weighted by Gasteiger charge is -2.06. The largest absolute Gasteiger partial charge is 0.356 e. The summed E-state index contributed by atoms with van der Waals surface area (Å²) in [6, 6.07) is 11.3. The van der Waals surface area contributed by atoms with Gasteiger partial charge in [-0.05, 0) is 24.6 Å². The minimum atomic E-state index is -0.111. The van der Waals surface area contributed by atoms with Gasteiger partial charge in [0.2, 0.25) is 5.91 Å². The third kappa shape index (κ3) is 5.31. The molecular formula is C21H21N3O2S. The topological polar surface area (TPSA) is 72.0 Å². The molecule has 0 fully saturated rings. The number of pyridine rings is 1. The number of hydrogen-bond acceptors (Lipinski definition) is 5. The first-order chi connectivity index (χ1) is 13.1. The van der Waals surface area contributed by atoms with Crippen LogP contribution in [0.3, 0.4) is 0 Å². The number of hydrogen-bond donors (Lipinski definition) is 1. The maximum Gasteiger partial charge on any atom is 0.220 e. The van der Waals surface area contributed by atoms with E-state index in [9.17, 15) is 9.59 Å². The van der Waals surface area contributed by atoms with E-state index >= 15 is 0 Å². The highest BCUT2D eigenvalue weighted by molar-refractivity contribution is 7.13. The Hall–Kier alpha value is -2.86. The summed E-state index contributed by atoms with van der Waals surface area (Å²) in [6.45, 7) is 2.41. The van der Waals surface area contributed by atoms with Crippen molar-refractivity contribution in [2.24, 2.45) is 0 Å². The van der Waals surface area contributed by atoms with Crippen molar-refractivity contribution in [1.29, 1.82) is 0 Å². The van der Waals surface area contributed by atoms with Crippen LogP contribution >= 0.6 is 11.3 Å². The van der Waals surface area contributed by atoms with Crippen LogP contribution in [0.1, 0.15) is 34.5 Å². The van der Waals surface area contributed by atoms with Gasteiger partial charge in [-0.2, -0.15) is 0 Å². The molecule has 0 saturated heterocycles. The normalized spacial score (nSPS) is 10.6. The Morgan fingerprint density at radius 3 is 2.74 bits per heavy atom. The molecule has 5 nitrogen and oxygen atoms in total. The summed E-state index contributed by atoms with van der Waals surface area (Å²) < 4.78 is 0. The molecule has 0 aliphatic carbocycles. The molecule has 1 aromatic carbocycles. The van der Waals surface area contributed by atoms with Crippen molar-refractivity contribution in [2.75, 3.05) is 6.54 Å². The number of ketones is 1. The molecule has 3 aromatic rings. The van der Waals surface area contributed by atoms with E-state index in [4.69, 9.17) is 0 Å². The van der Waals surface area contributed by atoms with Crippen LogP contribution in [0.5, 0.6) is 0 Å². The number of amides is 1. The Morgan fingerprint density at radius 2 is 1.96 bits per heavy atom. The number of benzene rings is 1. The van der Waals surface area contributed by atoms with Gasteiger partial charge in [0, 0.05) is 54.7 Å². The lowest BCUT2D eigenvalue weighted by molar-refractivity contribution is -0.121. The average molecular weight is 379 g/mol. The second-order valence-electron chi connectivity index (χ2n) is 6.22. The lowest BCUT2D eigenvalue weighted by atomic mass is 10.0. The Bertz CT molecular complexity index is 922. The maximum atomic E-state index is 12.2. The zero-order chi connectivity index (χ0) is 19.1. The van der Waals surface area contributed by atoms with E-state index in [1.54, 1.807) is 29.8 Å². The molecule has 0 aliphatic heterocycles. The van der Waals surface area contributed by atoms with Crippen LogP contribution in [-0.2, 0) is 11.2 Å². The van der Waals surface area contributed by atoms with Crippen LogP contribution in [0, 0.1) is 6.92 Å². The number of nitrogens with zero attached hydrogens (tertiary/aromatic N) is 2. The van der Waals surface area contributed by atoms with Gasteiger partial charge < -0.3 is 5.32 Å². The molecule has 27 heavy (non-hydrogen) atoms. The van der Waals surface area contributed by atoms with Crippen LogP contribution in [0.2, 0.25) is 0 Å². The first-order valence-electron chi connectivity index (χ1n) is 8.84. The number of nitrogens with one attached hydrogen (secondary N) is 1. The summed E-state index contributed by atoms with van der Waals surface area (Å²) in [4.78, 5) is 32.9. The smallest absolute Gasteiger partial charge is 0.220 e. The standard InChI is InChI=1S/C21H21N3O2S/c1-15-5-2-3-7-18(15)19(25)8-9-20(26)23-12-10-17-14-27-21(24-17)16-6-4-11-22-13-16/h2-7,11,13-14H,8-10,12H2,1H3,(H,23,26). The third-order valence-corrected chi connectivity index (χ3v) is 5.13. The highest BCUT2D eigenvalue weighted by Gasteiger charge is 2.11. The van der Waals surface area contributed by atoms with Gasteiger partial charge in [0.1, 0.15) is 5.01 Å². The summed E-state index contributed by atoms with van der Waals surface area (Å²) >= 11 is 1.57. The van der Waals surface area contributed by atoms with E-state index in [1.165, 1.54) is 0 Å². The number of aryl methyl sites for hydroxylation is 1. The fourth-order valence-corrected chi connectivity index (χ4v) is 3.55. The van der Waals surface area contributed by atoms with Gasteiger partial charge in [-0.1, -0.05) is 24.3 Å². The fourth-order valence-electron chi connectivity index (χ4n) is 2.71. The number of Topliss-reactive ketones (excluding diaryl/α,β-unsaturated/α-hetero) is 1. The van der Waals surface area contributed by atoms with E-state index in [0.717, 1.165) is 21.8 Å². The number of carbonyl (C=O) groups is 2. The summed E-state index contributed by atoms with van der Waals surface area (Å²) in [5.74, 6) is -0.108. The van der Waals surface area contributed by atoms with Gasteiger partial charge in [0.15, 0.2) is 5.78 Å². The molecule has 0 atom stereocenters. The SMILES string of the molecule is Cc1ccccc1C(=O)CCC(=O)NCCc1csc(-c2cccnc2)n1. The van der Waals surface area contributed by atoms with E-state index in [2.05, 4.69) is 15.3 Å². The lowest BCUT2D eigenvalue weighted by Crippen LogP contribution is -2.26. The molecule has 6 heteroatoms. The zero-order valence-electron chi connectivity index (χ0n) is 15.1. The van der Waals surface area contributed by atoms with Crippen molar-refractivity contribution in [3.05, 3.63) is 71.0 Å². The van der Waals surface area contributed by atoms with E-state index in [0.29, 0.717) is 18.5 Å². The highest BCUT2D eigenvalue weighted by Crippen LogP contribution is 2.22. The Balaban J connectivity index is 1.42. The molecule has 1 N–H and O–H groups in total. The summed E-state index contributed by atoms with van der Waals surface area (Å²) in [5.41, 5.74) is 3.56. The second-order valence-corrected chi connectivity index (χ2v) is 7.08. The molecule has 0 aliphatic rings. The predicted molar refractivity (Wildman–Crippen MR) is 107 cm³/mol. The fraction of sp³-hybridized carbons (Fsp3) is 0.238. The summed E-state index contributed by atoms with van der Waals surface area (Å²) in [7, 11) is 0. The number of carbonyl (C=O) groups excluding carboxylic acids is 2. The van der Waals surface area contributed by atoms with Crippen LogP contribution in [-0.4, -0.2) is 28.2 Å². The average Bonchev–Trinajstić information content (AvgIpc) is 3.16. The molecule has 0 spiro atoms. The minimum absolute atomic E-state index is 0.00358. The molecule has 138 valence electrons. The number of thiazole rings is 1. The van der Waals surface area contributed by atoms with Gasteiger partial charge in [0.05, 0.1) is 5.69 Å². The molecule has 1 amide bonds. The monoisotopic (exact) mass is 379 g/mol. The summed E-state index contributed by atoms with van der Waals surface area (Å²) in [5, 5.41) is 5.78. The molecule has 0 bridgehead atoms. The quantitative estimate of drug-likeness (QED) is 0.604. The number of rotatable bonds is 8.